The third-order valence-corrected chi connectivity index (χ3v) is 4.91. The third kappa shape index (κ3) is 3.73. The molecule has 0 saturated carbocycles. The third-order valence-electron chi connectivity index (χ3n) is 4.91. The zero-order valence-electron chi connectivity index (χ0n) is 15.5. The van der Waals surface area contributed by atoms with Gasteiger partial charge in [-0.3, -0.25) is 4.79 Å². The predicted molar refractivity (Wildman–Crippen MR) is 109 cm³/mol. The van der Waals surface area contributed by atoms with Gasteiger partial charge in [-0.1, -0.05) is 18.2 Å². The van der Waals surface area contributed by atoms with Crippen molar-refractivity contribution in [2.75, 3.05) is 36.9 Å². The van der Waals surface area contributed by atoms with Crippen LogP contribution in [0, 0.1) is 0 Å². The number of hydrogen-bond acceptors (Lipinski definition) is 9. The van der Waals surface area contributed by atoms with E-state index in [1.807, 2.05) is 18.2 Å². The Morgan fingerprint density at radius 2 is 1.93 bits per heavy atom. The molecular weight excluding hydrogens is 375 g/mol. The number of benzene rings is 2. The van der Waals surface area contributed by atoms with Gasteiger partial charge in [-0.25, -0.2) is 0 Å². The molecular formula is C19H19BN4O5. The van der Waals surface area contributed by atoms with Gasteiger partial charge in [-0.2, -0.15) is 0 Å². The van der Waals surface area contributed by atoms with E-state index in [1.165, 1.54) is 0 Å². The van der Waals surface area contributed by atoms with E-state index < -0.39 is 7.12 Å². The van der Waals surface area contributed by atoms with Crippen LogP contribution in [0.1, 0.15) is 0 Å². The summed E-state index contributed by atoms with van der Waals surface area (Å²) in [4.78, 5) is 12.8. The number of nitrogens with zero attached hydrogens (tertiary/aromatic N) is 3. The number of ether oxygens (including phenoxy) is 2. The average Bonchev–Trinajstić information content (AvgIpc) is 2.76. The maximum absolute atomic E-state index is 10.6. The van der Waals surface area contributed by atoms with Gasteiger partial charge >= 0.3 is 7.12 Å². The Morgan fingerprint density at radius 3 is 2.66 bits per heavy atom. The fraction of sp³-hybridized carbons (Fsp3) is 0.211. The zero-order chi connectivity index (χ0) is 20.4. The van der Waals surface area contributed by atoms with E-state index in [1.54, 1.807) is 18.2 Å². The number of hydrogen-bond donors (Lipinski definition) is 3. The standard InChI is InChI=1S/C19H19BN4O5/c21-18-14-3-1-12(9-16(14)22-23-19(18)29-11-25)15-10-13(20(26)27)2-4-17(15)24-5-7-28-8-6-24/h1-4,9-11,26-27H,5-8H2,(H2,21,22). The number of fused-ring (bicyclic) bond motifs is 1. The molecule has 10 heteroatoms. The summed E-state index contributed by atoms with van der Waals surface area (Å²) < 4.78 is 10.2. The van der Waals surface area contributed by atoms with Crippen LogP contribution in [0.15, 0.2) is 36.4 Å². The van der Waals surface area contributed by atoms with Crippen LogP contribution >= 0.6 is 0 Å². The Hall–Kier alpha value is -3.21. The predicted octanol–water partition coefficient (Wildman–Crippen LogP) is -0.0694. The molecule has 2 aromatic carbocycles. The van der Waals surface area contributed by atoms with E-state index in [-0.39, 0.29) is 18.0 Å². The molecule has 0 bridgehead atoms. The van der Waals surface area contributed by atoms with E-state index in [4.69, 9.17) is 15.2 Å². The van der Waals surface area contributed by atoms with Crippen molar-refractivity contribution in [3.05, 3.63) is 36.4 Å². The van der Waals surface area contributed by atoms with Gasteiger partial charge in [0.2, 0.25) is 0 Å². The summed E-state index contributed by atoms with van der Waals surface area (Å²) in [6.45, 7) is 2.98. The lowest BCUT2D eigenvalue weighted by atomic mass is 9.78. The molecule has 2 heterocycles. The quantitative estimate of drug-likeness (QED) is 0.402. The number of morpholine rings is 1. The molecule has 4 N–H and O–H groups in total. The highest BCUT2D eigenvalue weighted by molar-refractivity contribution is 6.58. The molecule has 0 atom stereocenters. The van der Waals surface area contributed by atoms with Crippen molar-refractivity contribution >= 4 is 41.3 Å². The van der Waals surface area contributed by atoms with Gasteiger partial charge in [0.15, 0.2) is 0 Å². The van der Waals surface area contributed by atoms with Crippen LogP contribution in [0.3, 0.4) is 0 Å². The fourth-order valence-electron chi connectivity index (χ4n) is 3.44. The Morgan fingerprint density at radius 1 is 1.14 bits per heavy atom. The zero-order valence-corrected chi connectivity index (χ0v) is 15.5. The molecule has 148 valence electrons. The number of carbonyl (C=O) groups excluding carboxylic acids is 1. The second-order valence-corrected chi connectivity index (χ2v) is 6.61. The van der Waals surface area contributed by atoms with Crippen LogP contribution in [0.25, 0.3) is 22.0 Å². The first kappa shape index (κ1) is 19.1. The van der Waals surface area contributed by atoms with Crippen molar-refractivity contribution in [1.82, 2.24) is 10.2 Å². The molecule has 0 radical (unpaired) electrons. The summed E-state index contributed by atoms with van der Waals surface area (Å²) in [5.74, 6) is -0.0420. The molecule has 1 fully saturated rings. The van der Waals surface area contributed by atoms with E-state index in [2.05, 4.69) is 15.1 Å². The van der Waals surface area contributed by atoms with Crippen LogP contribution < -0.4 is 20.8 Å². The Bertz CT molecular complexity index is 1060. The van der Waals surface area contributed by atoms with E-state index in [0.29, 0.717) is 29.6 Å². The van der Waals surface area contributed by atoms with Gasteiger partial charge in [0.25, 0.3) is 12.4 Å². The molecule has 1 saturated heterocycles. The monoisotopic (exact) mass is 394 g/mol. The molecule has 0 unspecified atom stereocenters. The van der Waals surface area contributed by atoms with E-state index in [9.17, 15) is 14.8 Å². The highest BCUT2D eigenvalue weighted by Crippen LogP contribution is 2.34. The van der Waals surface area contributed by atoms with Crippen LogP contribution in [0.5, 0.6) is 5.88 Å². The molecule has 4 rings (SSSR count). The van der Waals surface area contributed by atoms with Gasteiger partial charge in [0.1, 0.15) is 5.69 Å². The van der Waals surface area contributed by atoms with Crippen molar-refractivity contribution in [3.63, 3.8) is 0 Å². The molecule has 0 amide bonds. The van der Waals surface area contributed by atoms with Gasteiger partial charge in [-0.15, -0.1) is 10.2 Å². The molecule has 29 heavy (non-hydrogen) atoms. The molecule has 1 aromatic heterocycles. The summed E-state index contributed by atoms with van der Waals surface area (Å²) in [5.41, 5.74) is 9.77. The lowest BCUT2D eigenvalue weighted by molar-refractivity contribution is -0.120. The number of anilines is 2. The van der Waals surface area contributed by atoms with E-state index in [0.717, 1.165) is 29.9 Å². The summed E-state index contributed by atoms with van der Waals surface area (Å²) in [5, 5.41) is 27.8. The van der Waals surface area contributed by atoms with Crippen molar-refractivity contribution in [3.8, 4) is 17.0 Å². The smallest absolute Gasteiger partial charge is 0.423 e. The minimum Gasteiger partial charge on any atom is -0.423 e. The minimum absolute atomic E-state index is 0.0420. The first-order valence-corrected chi connectivity index (χ1v) is 9.08. The molecule has 9 nitrogen and oxygen atoms in total. The highest BCUT2D eigenvalue weighted by Gasteiger charge is 2.20. The average molecular weight is 394 g/mol. The maximum atomic E-state index is 10.6. The molecule has 1 aliphatic heterocycles. The van der Waals surface area contributed by atoms with Crippen LogP contribution in [-0.4, -0.2) is 60.1 Å². The minimum atomic E-state index is -1.58. The molecule has 1 aliphatic rings. The second-order valence-electron chi connectivity index (χ2n) is 6.61. The van der Waals surface area contributed by atoms with Gasteiger partial charge < -0.3 is 30.2 Å². The lowest BCUT2D eigenvalue weighted by Gasteiger charge is -2.31. The Kier molecular flexibility index (Phi) is 5.30. The first-order chi connectivity index (χ1) is 14.1. The van der Waals surface area contributed by atoms with Crippen LogP contribution in [0.4, 0.5) is 11.4 Å². The Labute approximate surface area is 166 Å². The topological polar surface area (TPSA) is 131 Å². The SMILES string of the molecule is Nc1c(OC=O)nnc2cc(-c3cc(B(O)O)ccc3N3CCOCC3)ccc12. The summed E-state index contributed by atoms with van der Waals surface area (Å²) >= 11 is 0. The van der Waals surface area contributed by atoms with Gasteiger partial charge in [-0.05, 0) is 29.2 Å². The number of aromatic nitrogens is 2. The second kappa shape index (κ2) is 8.04. The van der Waals surface area contributed by atoms with E-state index >= 15 is 0 Å². The molecule has 0 spiro atoms. The maximum Gasteiger partial charge on any atom is 0.488 e. The number of nitrogens with two attached hydrogens (primary N) is 1. The first-order valence-electron chi connectivity index (χ1n) is 9.08. The van der Waals surface area contributed by atoms with Crippen LogP contribution in [-0.2, 0) is 9.53 Å². The van der Waals surface area contributed by atoms with Gasteiger partial charge in [0.05, 0.1) is 18.7 Å². The van der Waals surface area contributed by atoms with Crippen molar-refractivity contribution < 1.29 is 24.3 Å². The van der Waals surface area contributed by atoms with Crippen molar-refractivity contribution in [1.29, 1.82) is 0 Å². The molecule has 0 aliphatic carbocycles. The Balaban J connectivity index is 1.83. The number of rotatable bonds is 5. The molecule has 3 aromatic rings. The van der Waals surface area contributed by atoms with Crippen LogP contribution in [0.2, 0.25) is 0 Å². The normalized spacial score (nSPS) is 14.1. The van der Waals surface area contributed by atoms with Crippen molar-refractivity contribution in [2.24, 2.45) is 0 Å². The largest absolute Gasteiger partial charge is 0.488 e. The summed E-state index contributed by atoms with van der Waals surface area (Å²) in [6, 6.07) is 10.8. The van der Waals surface area contributed by atoms with Gasteiger partial charge in [0, 0.05) is 29.7 Å². The number of carbonyl (C=O) groups is 1. The lowest BCUT2D eigenvalue weighted by Crippen LogP contribution is -2.37. The highest BCUT2D eigenvalue weighted by atomic mass is 16.5. The number of nitrogen functional groups attached to an aromatic ring is 1. The summed E-state index contributed by atoms with van der Waals surface area (Å²) in [7, 11) is -1.58. The fourth-order valence-corrected chi connectivity index (χ4v) is 3.44. The van der Waals surface area contributed by atoms with Crippen molar-refractivity contribution in [2.45, 2.75) is 0 Å². The summed E-state index contributed by atoms with van der Waals surface area (Å²) in [6.07, 6.45) is 0.